The Morgan fingerprint density at radius 2 is 0.741 bits per heavy atom. The van der Waals surface area contributed by atoms with Gasteiger partial charge in [-0.25, -0.2) is 8.78 Å². The van der Waals surface area contributed by atoms with E-state index in [-0.39, 0.29) is 0 Å². The summed E-state index contributed by atoms with van der Waals surface area (Å²) in [6.45, 7) is 0. The molecule has 0 aromatic heterocycles. The van der Waals surface area contributed by atoms with Crippen LogP contribution in [0.4, 0.5) is 57.1 Å². The van der Waals surface area contributed by atoms with Gasteiger partial charge in [0, 0.05) is 0 Å². The van der Waals surface area contributed by atoms with Crippen LogP contribution in [0.2, 0.25) is 0 Å². The van der Waals surface area contributed by atoms with Gasteiger partial charge in [-0.2, -0.15) is 48.3 Å². The second-order valence-electron chi connectivity index (χ2n) is 4.14. The topological polar surface area (TPSA) is 0 Å². The van der Waals surface area contributed by atoms with E-state index in [0.29, 0.717) is 0 Å². The molecule has 0 aromatic carbocycles. The van der Waals surface area contributed by atoms with Gasteiger partial charge < -0.3 is 0 Å². The number of hydrogen-bond donors (Lipinski definition) is 0. The lowest BCUT2D eigenvalue weighted by molar-refractivity contribution is -0.231. The Kier molecular flexibility index (Phi) is 9.86. The Morgan fingerprint density at radius 1 is 0.519 bits per heavy atom. The van der Waals surface area contributed by atoms with E-state index in [1.54, 1.807) is 31.9 Å². The zero-order valence-corrected chi connectivity index (χ0v) is 17.5. The summed E-state index contributed by atoms with van der Waals surface area (Å²) < 4.78 is 142. The molecule has 0 bridgehead atoms. The van der Waals surface area contributed by atoms with Gasteiger partial charge >= 0.3 is 30.9 Å². The van der Waals surface area contributed by atoms with Gasteiger partial charge in [0.25, 0.3) is 4.33 Å². The van der Waals surface area contributed by atoms with E-state index in [0.717, 1.165) is 0 Å². The predicted octanol–water partition coefficient (Wildman–Crippen LogP) is 8.39. The molecule has 0 aliphatic heterocycles. The van der Waals surface area contributed by atoms with E-state index in [4.69, 9.17) is 0 Å². The maximum Gasteiger partial charge on any atom is 0.427 e. The Balaban J connectivity index is 0. The number of halogens is 19. The van der Waals surface area contributed by atoms with Crippen molar-refractivity contribution >= 4 is 78.3 Å². The highest BCUT2D eigenvalue weighted by Gasteiger charge is 2.74. The van der Waals surface area contributed by atoms with Gasteiger partial charge in [0.2, 0.25) is 7.57 Å². The van der Waals surface area contributed by atoms with Crippen LogP contribution in [-0.4, -0.2) is 42.8 Å². The van der Waals surface area contributed by atoms with E-state index in [9.17, 15) is 57.1 Å². The van der Waals surface area contributed by atoms with Gasteiger partial charge in [-0.05, 0) is 0 Å². The second kappa shape index (κ2) is 8.75. The van der Waals surface area contributed by atoms with E-state index in [1.807, 2.05) is 0 Å². The Bertz CT molecular complexity index is 470. The lowest BCUT2D eigenvalue weighted by atomic mass is 10.2. The zero-order chi connectivity index (χ0) is 23.1. The van der Waals surface area contributed by atoms with Crippen LogP contribution < -0.4 is 0 Å². The van der Waals surface area contributed by atoms with Crippen LogP contribution in [0.3, 0.4) is 0 Å². The fourth-order valence-electron chi connectivity index (χ4n) is 0.682. The third-order valence-corrected chi connectivity index (χ3v) is 7.26. The molecule has 0 aromatic rings. The van der Waals surface area contributed by atoms with Gasteiger partial charge in [-0.3, -0.25) is 0 Å². The number of alkyl halides is 19. The molecule has 27 heavy (non-hydrogen) atoms. The molecule has 0 N–H and O–H groups in total. The maximum atomic E-state index is 12.1. The van der Waals surface area contributed by atoms with Crippen molar-refractivity contribution in [1.82, 2.24) is 0 Å². The summed E-state index contributed by atoms with van der Waals surface area (Å²) in [5.41, 5.74) is 0. The molecular formula is C8HBr2Cl4F13. The fourth-order valence-corrected chi connectivity index (χ4v) is 1.51. The fraction of sp³-hybridized carbons (Fsp3) is 1.00. The Hall–Kier alpha value is 1.21. The van der Waals surface area contributed by atoms with Crippen molar-refractivity contribution in [2.75, 3.05) is 0 Å². The molecule has 0 saturated carbocycles. The first-order valence-corrected chi connectivity index (χ1v) is 8.29. The van der Waals surface area contributed by atoms with Crippen molar-refractivity contribution in [2.24, 2.45) is 0 Å². The quantitative estimate of drug-likeness (QED) is 0.214. The van der Waals surface area contributed by atoms with Crippen LogP contribution in [0.25, 0.3) is 0 Å². The summed E-state index contributed by atoms with van der Waals surface area (Å²) in [4.78, 5) is 0. The van der Waals surface area contributed by atoms with Crippen LogP contribution in [0.1, 0.15) is 0 Å². The summed E-state index contributed by atoms with van der Waals surface area (Å²) in [5.74, 6) is -5.55. The maximum absolute atomic E-state index is 12.1. The summed E-state index contributed by atoms with van der Waals surface area (Å²) in [7, 11) is 0. The first-order valence-electron chi connectivity index (χ1n) is 5.19. The number of hydrogen-bond acceptors (Lipinski definition) is 0. The van der Waals surface area contributed by atoms with Crippen LogP contribution in [-0.2, 0) is 0 Å². The van der Waals surface area contributed by atoms with Gasteiger partial charge in [-0.1, -0.05) is 78.3 Å². The molecule has 0 amide bonds. The highest BCUT2D eigenvalue weighted by molar-refractivity contribution is 9.13. The summed E-state index contributed by atoms with van der Waals surface area (Å²) in [5, 5.41) is 0. The van der Waals surface area contributed by atoms with Crippen molar-refractivity contribution in [3.63, 3.8) is 0 Å². The predicted molar refractivity (Wildman–Crippen MR) is 78.6 cm³/mol. The molecule has 0 spiro atoms. The van der Waals surface area contributed by atoms with E-state index in [2.05, 4.69) is 46.4 Å². The van der Waals surface area contributed by atoms with Gasteiger partial charge in [-0.15, -0.1) is 0 Å². The van der Waals surface area contributed by atoms with E-state index >= 15 is 0 Å². The second-order valence-corrected chi connectivity index (χ2v) is 9.89. The molecule has 0 rings (SSSR count). The third-order valence-electron chi connectivity index (χ3n) is 2.16. The van der Waals surface area contributed by atoms with Crippen molar-refractivity contribution in [3.05, 3.63) is 0 Å². The van der Waals surface area contributed by atoms with Gasteiger partial charge in [0.05, 0.1) is 0 Å². The van der Waals surface area contributed by atoms with Crippen molar-refractivity contribution in [1.29, 1.82) is 0 Å². The largest absolute Gasteiger partial charge is 0.427 e. The molecule has 0 heterocycles. The monoisotopic (exact) mass is 642 g/mol. The average molecular weight is 646 g/mol. The molecule has 0 fully saturated rings. The third kappa shape index (κ3) is 6.34. The molecule has 2 unspecified atom stereocenters. The normalized spacial score (nSPS) is 19.1. The van der Waals surface area contributed by atoms with E-state index in [1.165, 1.54) is 0 Å². The number of rotatable bonds is 3. The average Bonchev–Trinajstić information content (AvgIpc) is 2.34. The van der Waals surface area contributed by atoms with E-state index < -0.39 is 42.8 Å². The molecule has 2 atom stereocenters. The molecule has 0 nitrogen and oxygen atoms in total. The highest BCUT2D eigenvalue weighted by atomic mass is 79.9. The Morgan fingerprint density at radius 3 is 0.815 bits per heavy atom. The molecule has 0 aliphatic carbocycles. The van der Waals surface area contributed by atoms with Crippen molar-refractivity contribution in [3.8, 4) is 0 Å². The van der Waals surface area contributed by atoms with Crippen molar-refractivity contribution in [2.45, 2.75) is 42.8 Å². The molecule has 166 valence electrons. The van der Waals surface area contributed by atoms with Crippen LogP contribution in [0.15, 0.2) is 0 Å². The molecular weight excluding hydrogens is 645 g/mol. The first-order chi connectivity index (χ1) is 11.2. The lowest BCUT2D eigenvalue weighted by Gasteiger charge is -2.35. The van der Waals surface area contributed by atoms with Crippen molar-refractivity contribution < 1.29 is 57.1 Å². The molecule has 0 saturated heterocycles. The Labute approximate surface area is 177 Å². The van der Waals surface area contributed by atoms with Crippen LogP contribution in [0, 0.1) is 0 Å². The smallest absolute Gasteiger partial charge is 0.203 e. The summed E-state index contributed by atoms with van der Waals surface area (Å²) >= 11 is 21.0. The summed E-state index contributed by atoms with van der Waals surface area (Å²) in [6, 6.07) is 0. The van der Waals surface area contributed by atoms with Crippen LogP contribution >= 0.6 is 78.3 Å². The minimum Gasteiger partial charge on any atom is -0.203 e. The standard InChI is InChI=1S/C4Br2Cl2F6.C4HCl2F7/c5-1(7,3(9,10)11)2(6,8)4(12,13)14;5-3(6,4(11,12)13)2(9,10)1(7)8/h;1H. The van der Waals surface area contributed by atoms with Gasteiger partial charge in [0.15, 0.2) is 0 Å². The zero-order valence-electron chi connectivity index (χ0n) is 11.3. The minimum absolute atomic E-state index is 1.70. The SMILES string of the molecule is FC(F)(F)C(Cl)(Br)C(Cl)(Br)C(F)(F)F.FC(F)C(F)(F)C(Cl)(Cl)C(F)(F)F. The molecule has 0 aliphatic rings. The minimum atomic E-state index is -5.84. The first kappa shape index (κ1) is 30.4. The highest BCUT2D eigenvalue weighted by Crippen LogP contribution is 2.60. The molecule has 19 heteroatoms. The van der Waals surface area contributed by atoms with Crippen LogP contribution in [0.5, 0.6) is 0 Å². The molecule has 0 radical (unpaired) electrons. The van der Waals surface area contributed by atoms with Gasteiger partial charge in [0.1, 0.15) is 0 Å². The summed E-state index contributed by atoms with van der Waals surface area (Å²) in [6.07, 6.45) is -21.2. The lowest BCUT2D eigenvalue weighted by Crippen LogP contribution is -2.55.